The molecule has 0 spiro atoms. The van der Waals surface area contributed by atoms with Crippen LogP contribution in [-0.4, -0.2) is 11.5 Å². The number of nitrogens with zero attached hydrogens (tertiary/aromatic N) is 2. The molecular formula is C54H43BN2O. The van der Waals surface area contributed by atoms with Gasteiger partial charge in [0.15, 0.2) is 0 Å². The minimum atomic E-state index is -0.308. The molecule has 0 saturated heterocycles. The molecular weight excluding hydrogens is 703 g/mol. The van der Waals surface area contributed by atoms with Crippen molar-refractivity contribution < 1.29 is 4.65 Å². The molecule has 0 fully saturated rings. The third-order valence-electron chi connectivity index (χ3n) is 12.5. The van der Waals surface area contributed by atoms with E-state index in [-0.39, 0.29) is 6.92 Å². The van der Waals surface area contributed by atoms with E-state index >= 15 is 0 Å². The maximum absolute atomic E-state index is 7.25. The van der Waals surface area contributed by atoms with Crippen molar-refractivity contribution >= 4 is 56.7 Å². The van der Waals surface area contributed by atoms with E-state index in [1.54, 1.807) is 0 Å². The highest BCUT2D eigenvalue weighted by Crippen LogP contribution is 2.50. The van der Waals surface area contributed by atoms with Gasteiger partial charge in [0.2, 0.25) is 0 Å². The highest BCUT2D eigenvalue weighted by atomic mass is 16.4. The largest absolute Gasteiger partial charge is 0.551 e. The molecule has 0 atom stereocenters. The molecule has 0 amide bonds. The SMILES string of the molecule is Cc1cc(C)c(-c2ccc(N3c4ccc(-c5c(C)cc(C)cc5C)cc4B4Oc5ccccc5-c5cc6c(c3c54)c3ccccc3n6-c3ccccc3)cc2)c(C)c1. The molecule has 1 aromatic heterocycles. The number of hydrogen-bond acceptors (Lipinski definition) is 2. The lowest BCUT2D eigenvalue weighted by atomic mass is 9.49. The molecule has 9 aromatic rings. The van der Waals surface area contributed by atoms with Crippen molar-refractivity contribution in [3.63, 3.8) is 0 Å². The molecule has 2 aliphatic rings. The van der Waals surface area contributed by atoms with Gasteiger partial charge in [-0.15, -0.1) is 0 Å². The normalized spacial score (nSPS) is 12.7. The molecule has 0 bridgehead atoms. The number of hydrogen-bond donors (Lipinski definition) is 0. The lowest BCUT2D eigenvalue weighted by Crippen LogP contribution is -2.56. The van der Waals surface area contributed by atoms with E-state index in [4.69, 9.17) is 4.65 Å². The van der Waals surface area contributed by atoms with Crippen LogP contribution < -0.4 is 20.5 Å². The average Bonchev–Trinajstić information content (AvgIpc) is 3.55. The number of aryl methyl sites for hydroxylation is 6. The Morgan fingerprint density at radius 2 is 1.09 bits per heavy atom. The first kappa shape index (κ1) is 34.5. The summed E-state index contributed by atoms with van der Waals surface area (Å²) in [5, 5.41) is 2.44. The standard InChI is InChI=1S/C54H43BN2O/c1-32-26-34(3)50(35(4)27-32)38-20-23-41(24-21-38)57-47-25-22-39(51-36(5)28-33(2)29-37(51)6)30-45(47)55-53-44(42-16-11-13-19-49(42)58-55)31-48-52(54(53)57)43-17-10-12-18-46(43)56(48)40-14-8-7-9-15-40/h7-31H,1-6H3. The zero-order valence-electron chi connectivity index (χ0n) is 33.8. The third kappa shape index (κ3) is 5.07. The second kappa shape index (κ2) is 12.9. The molecule has 2 aliphatic heterocycles. The quantitative estimate of drug-likeness (QED) is 0.167. The minimum Gasteiger partial charge on any atom is -0.551 e. The smallest absolute Gasteiger partial charge is 0.431 e. The van der Waals surface area contributed by atoms with Gasteiger partial charge in [0, 0.05) is 38.9 Å². The second-order valence-corrected chi connectivity index (χ2v) is 16.5. The van der Waals surface area contributed by atoms with Crippen LogP contribution in [0.2, 0.25) is 0 Å². The number of rotatable bonds is 4. The Hall–Kier alpha value is -6.78. The van der Waals surface area contributed by atoms with Gasteiger partial charge in [0.1, 0.15) is 5.75 Å². The lowest BCUT2D eigenvalue weighted by molar-refractivity contribution is 0.590. The summed E-state index contributed by atoms with van der Waals surface area (Å²) in [4.78, 5) is 2.53. The maximum atomic E-state index is 7.25. The number of para-hydroxylation sites is 3. The van der Waals surface area contributed by atoms with E-state index in [1.807, 2.05) is 0 Å². The van der Waals surface area contributed by atoms with Crippen molar-refractivity contribution in [2.24, 2.45) is 0 Å². The molecule has 0 N–H and O–H groups in total. The average molecular weight is 747 g/mol. The number of anilines is 3. The maximum Gasteiger partial charge on any atom is 0.431 e. The Morgan fingerprint density at radius 1 is 0.483 bits per heavy atom. The van der Waals surface area contributed by atoms with Crippen LogP contribution in [0.15, 0.2) is 152 Å². The number of aromatic nitrogens is 1. The van der Waals surface area contributed by atoms with E-state index in [0.29, 0.717) is 0 Å². The van der Waals surface area contributed by atoms with Gasteiger partial charge in [-0.2, -0.15) is 0 Å². The van der Waals surface area contributed by atoms with E-state index < -0.39 is 0 Å². The van der Waals surface area contributed by atoms with Crippen LogP contribution in [-0.2, 0) is 0 Å². The number of fused-ring (bicyclic) bond motifs is 8. The van der Waals surface area contributed by atoms with Crippen LogP contribution in [0, 0.1) is 41.5 Å². The molecule has 0 aliphatic carbocycles. The summed E-state index contributed by atoms with van der Waals surface area (Å²) in [5.74, 6) is 0.911. The third-order valence-corrected chi connectivity index (χ3v) is 12.5. The van der Waals surface area contributed by atoms with Gasteiger partial charge in [-0.25, -0.2) is 0 Å². The lowest BCUT2D eigenvalue weighted by Gasteiger charge is -2.40. The van der Waals surface area contributed by atoms with Crippen LogP contribution in [0.25, 0.3) is 60.9 Å². The first-order valence-electron chi connectivity index (χ1n) is 20.4. The van der Waals surface area contributed by atoms with E-state index in [2.05, 4.69) is 203 Å². The van der Waals surface area contributed by atoms with Crippen molar-refractivity contribution in [3.05, 3.63) is 185 Å². The van der Waals surface area contributed by atoms with Crippen LogP contribution in [0.3, 0.4) is 0 Å². The molecule has 4 heteroatoms. The van der Waals surface area contributed by atoms with Gasteiger partial charge in [0.05, 0.1) is 16.7 Å². The molecule has 11 rings (SSSR count). The van der Waals surface area contributed by atoms with Gasteiger partial charge < -0.3 is 14.1 Å². The van der Waals surface area contributed by atoms with Crippen LogP contribution in [0.4, 0.5) is 17.1 Å². The first-order chi connectivity index (χ1) is 28.2. The van der Waals surface area contributed by atoms with Crippen LogP contribution >= 0.6 is 0 Å². The van der Waals surface area contributed by atoms with Crippen molar-refractivity contribution in [3.8, 4) is 44.8 Å². The Kier molecular flexibility index (Phi) is 7.65. The van der Waals surface area contributed by atoms with Crippen LogP contribution in [0.1, 0.15) is 33.4 Å². The van der Waals surface area contributed by atoms with Gasteiger partial charge in [-0.3, -0.25) is 0 Å². The first-order valence-corrected chi connectivity index (χ1v) is 20.4. The Morgan fingerprint density at radius 3 is 1.79 bits per heavy atom. The topological polar surface area (TPSA) is 17.4 Å². The monoisotopic (exact) mass is 746 g/mol. The van der Waals surface area contributed by atoms with Crippen molar-refractivity contribution in [1.82, 2.24) is 4.57 Å². The summed E-state index contributed by atoms with van der Waals surface area (Å²) < 4.78 is 9.70. The van der Waals surface area contributed by atoms with E-state index in [1.165, 1.54) is 99.6 Å². The summed E-state index contributed by atoms with van der Waals surface area (Å²) in [5.41, 5.74) is 24.4. The fourth-order valence-electron chi connectivity index (χ4n) is 10.5. The van der Waals surface area contributed by atoms with Gasteiger partial charge in [-0.05, 0) is 146 Å². The van der Waals surface area contributed by atoms with Crippen molar-refractivity contribution in [1.29, 1.82) is 0 Å². The Labute approximate surface area is 340 Å². The fraction of sp³-hybridized carbons (Fsp3) is 0.111. The zero-order chi connectivity index (χ0) is 39.4. The molecule has 58 heavy (non-hydrogen) atoms. The molecule has 3 heterocycles. The predicted molar refractivity (Wildman–Crippen MR) is 246 cm³/mol. The summed E-state index contributed by atoms with van der Waals surface area (Å²) in [7, 11) is 0. The Balaban J connectivity index is 1.25. The molecule has 0 unspecified atom stereocenters. The van der Waals surface area contributed by atoms with Gasteiger partial charge in [0.25, 0.3) is 0 Å². The highest BCUT2D eigenvalue weighted by molar-refractivity contribution is 6.86. The number of benzene rings is 8. The summed E-state index contributed by atoms with van der Waals surface area (Å²) >= 11 is 0. The van der Waals surface area contributed by atoms with Crippen molar-refractivity contribution in [2.45, 2.75) is 41.5 Å². The van der Waals surface area contributed by atoms with Crippen molar-refractivity contribution in [2.75, 3.05) is 4.90 Å². The molecule has 8 aromatic carbocycles. The highest BCUT2D eigenvalue weighted by Gasteiger charge is 2.44. The summed E-state index contributed by atoms with van der Waals surface area (Å²) in [6, 6.07) is 56.2. The Bertz CT molecular complexity index is 3110. The summed E-state index contributed by atoms with van der Waals surface area (Å²) in [6.07, 6.45) is 0. The molecule has 278 valence electrons. The molecule has 0 saturated carbocycles. The molecule has 3 nitrogen and oxygen atoms in total. The van der Waals surface area contributed by atoms with Gasteiger partial charge in [-0.1, -0.05) is 114 Å². The van der Waals surface area contributed by atoms with Gasteiger partial charge >= 0.3 is 6.92 Å². The predicted octanol–water partition coefficient (Wildman–Crippen LogP) is 12.9. The van der Waals surface area contributed by atoms with E-state index in [0.717, 1.165) is 28.4 Å². The van der Waals surface area contributed by atoms with E-state index in [9.17, 15) is 0 Å². The molecule has 0 radical (unpaired) electrons. The second-order valence-electron chi connectivity index (χ2n) is 16.5. The fourth-order valence-corrected chi connectivity index (χ4v) is 10.5. The minimum absolute atomic E-state index is 0.308. The van der Waals surface area contributed by atoms with Crippen LogP contribution in [0.5, 0.6) is 5.75 Å². The summed E-state index contributed by atoms with van der Waals surface area (Å²) in [6.45, 7) is 13.0. The zero-order valence-corrected chi connectivity index (χ0v) is 33.8.